The van der Waals surface area contributed by atoms with Gasteiger partial charge < -0.3 is 5.11 Å². The largest absolute Gasteiger partial charge is 0.384 e. The molecular formula is C25H22ClNO. The van der Waals surface area contributed by atoms with E-state index in [1.807, 2.05) is 42.6 Å². The molecule has 0 saturated heterocycles. The number of aliphatic hydroxyl groups excluding tert-OH is 1. The van der Waals surface area contributed by atoms with Crippen LogP contribution in [0.25, 0.3) is 22.0 Å². The van der Waals surface area contributed by atoms with E-state index < -0.39 is 6.10 Å². The van der Waals surface area contributed by atoms with Crippen molar-refractivity contribution in [3.8, 4) is 11.1 Å². The van der Waals surface area contributed by atoms with Crippen LogP contribution in [0.1, 0.15) is 42.6 Å². The number of nitrogens with zero attached hydrogens (tertiary/aromatic N) is 1. The van der Waals surface area contributed by atoms with Crippen LogP contribution in [0.2, 0.25) is 5.02 Å². The highest BCUT2D eigenvalue weighted by molar-refractivity contribution is 6.30. The number of hydrogen-bond acceptors (Lipinski definition) is 2. The Morgan fingerprint density at radius 1 is 0.821 bits per heavy atom. The van der Waals surface area contributed by atoms with E-state index in [1.165, 1.54) is 5.56 Å². The van der Waals surface area contributed by atoms with Crippen molar-refractivity contribution in [2.75, 3.05) is 0 Å². The molecule has 4 rings (SSSR count). The maximum Gasteiger partial charge on any atom is 0.104 e. The summed E-state index contributed by atoms with van der Waals surface area (Å²) >= 11 is 5.97. The van der Waals surface area contributed by atoms with E-state index >= 15 is 0 Å². The summed E-state index contributed by atoms with van der Waals surface area (Å²) in [5.74, 6) is 0.422. The van der Waals surface area contributed by atoms with Gasteiger partial charge in [0.25, 0.3) is 0 Å². The van der Waals surface area contributed by atoms with Crippen molar-refractivity contribution in [1.29, 1.82) is 0 Å². The molecule has 0 radical (unpaired) electrons. The summed E-state index contributed by atoms with van der Waals surface area (Å²) < 4.78 is 0. The zero-order valence-electron chi connectivity index (χ0n) is 15.9. The second-order valence-electron chi connectivity index (χ2n) is 7.38. The maximum absolute atomic E-state index is 10.9. The number of hydrogen-bond donors (Lipinski definition) is 1. The zero-order valence-corrected chi connectivity index (χ0v) is 16.7. The molecule has 0 aliphatic rings. The molecule has 0 saturated carbocycles. The topological polar surface area (TPSA) is 33.1 Å². The second-order valence-corrected chi connectivity index (χ2v) is 7.81. The summed E-state index contributed by atoms with van der Waals surface area (Å²) in [5.41, 5.74) is 6.06. The third kappa shape index (κ3) is 3.66. The van der Waals surface area contributed by atoms with Crippen LogP contribution in [0.4, 0.5) is 0 Å². The van der Waals surface area contributed by atoms with E-state index in [2.05, 4.69) is 43.1 Å². The van der Waals surface area contributed by atoms with Gasteiger partial charge in [0.1, 0.15) is 6.10 Å². The first-order chi connectivity index (χ1) is 13.5. The molecule has 0 amide bonds. The fourth-order valence-electron chi connectivity index (χ4n) is 3.48. The van der Waals surface area contributed by atoms with E-state index in [4.69, 9.17) is 11.6 Å². The molecule has 4 aromatic rings. The van der Waals surface area contributed by atoms with Gasteiger partial charge >= 0.3 is 0 Å². The van der Waals surface area contributed by atoms with Crippen molar-refractivity contribution >= 4 is 22.5 Å². The second kappa shape index (κ2) is 7.75. The number of rotatable bonds is 4. The molecule has 1 heterocycles. The van der Waals surface area contributed by atoms with Crippen LogP contribution in [-0.2, 0) is 0 Å². The Labute approximate surface area is 170 Å². The molecule has 3 aromatic carbocycles. The standard InChI is InChI=1S/C25H22ClNO/c1-16(2)21-14-19-7-4-12-27-24(19)23(15-21)18-5-3-6-20(13-18)25(28)17-8-10-22(26)11-9-17/h3-16,25,28H,1-2H3. The molecule has 1 aromatic heterocycles. The van der Waals surface area contributed by atoms with Crippen molar-refractivity contribution in [2.24, 2.45) is 0 Å². The molecular weight excluding hydrogens is 366 g/mol. The van der Waals surface area contributed by atoms with E-state index in [0.29, 0.717) is 10.9 Å². The average Bonchev–Trinajstić information content (AvgIpc) is 2.73. The van der Waals surface area contributed by atoms with Crippen molar-refractivity contribution in [1.82, 2.24) is 4.98 Å². The van der Waals surface area contributed by atoms with Crippen LogP contribution < -0.4 is 0 Å². The number of benzene rings is 3. The molecule has 0 aliphatic heterocycles. The van der Waals surface area contributed by atoms with Gasteiger partial charge in [-0.15, -0.1) is 0 Å². The number of fused-ring (bicyclic) bond motifs is 1. The minimum atomic E-state index is -0.704. The molecule has 140 valence electrons. The molecule has 0 fully saturated rings. The van der Waals surface area contributed by atoms with Gasteiger partial charge in [-0.25, -0.2) is 0 Å². The third-order valence-corrected chi connectivity index (χ3v) is 5.34. The Kier molecular flexibility index (Phi) is 5.17. The molecule has 28 heavy (non-hydrogen) atoms. The smallest absolute Gasteiger partial charge is 0.104 e. The monoisotopic (exact) mass is 387 g/mol. The lowest BCUT2D eigenvalue weighted by Gasteiger charge is -2.15. The summed E-state index contributed by atoms with van der Waals surface area (Å²) in [7, 11) is 0. The van der Waals surface area contributed by atoms with Gasteiger partial charge in [0.05, 0.1) is 5.52 Å². The fourth-order valence-corrected chi connectivity index (χ4v) is 3.61. The lowest BCUT2D eigenvalue weighted by molar-refractivity contribution is 0.220. The minimum absolute atomic E-state index is 0.422. The molecule has 2 nitrogen and oxygen atoms in total. The van der Waals surface area contributed by atoms with Gasteiger partial charge in [0.15, 0.2) is 0 Å². The molecule has 1 N–H and O–H groups in total. The molecule has 3 heteroatoms. The van der Waals surface area contributed by atoms with Crippen LogP contribution in [0.5, 0.6) is 0 Å². The van der Waals surface area contributed by atoms with Gasteiger partial charge in [-0.1, -0.05) is 61.8 Å². The zero-order chi connectivity index (χ0) is 19.7. The lowest BCUT2D eigenvalue weighted by Crippen LogP contribution is -2.00. The van der Waals surface area contributed by atoms with Crippen molar-refractivity contribution in [2.45, 2.75) is 25.9 Å². The predicted molar refractivity (Wildman–Crippen MR) is 117 cm³/mol. The molecule has 0 aliphatic carbocycles. The van der Waals surface area contributed by atoms with Crippen LogP contribution in [0.15, 0.2) is 79.0 Å². The first-order valence-corrected chi connectivity index (χ1v) is 9.83. The Hall–Kier alpha value is -2.68. The molecule has 0 spiro atoms. The summed E-state index contributed by atoms with van der Waals surface area (Å²) in [5, 5.41) is 12.6. The fraction of sp³-hybridized carbons (Fsp3) is 0.160. The van der Waals surface area contributed by atoms with Crippen LogP contribution in [0, 0.1) is 0 Å². The van der Waals surface area contributed by atoms with Crippen molar-refractivity contribution < 1.29 is 5.11 Å². The van der Waals surface area contributed by atoms with Gasteiger partial charge in [-0.3, -0.25) is 4.98 Å². The third-order valence-electron chi connectivity index (χ3n) is 5.09. The number of aliphatic hydroxyl groups is 1. The first kappa shape index (κ1) is 18.7. The van der Waals surface area contributed by atoms with Crippen molar-refractivity contribution in [3.05, 3.63) is 101 Å². The maximum atomic E-state index is 10.9. The normalized spacial score (nSPS) is 12.5. The van der Waals surface area contributed by atoms with E-state index in [-0.39, 0.29) is 0 Å². The Morgan fingerprint density at radius 2 is 1.61 bits per heavy atom. The van der Waals surface area contributed by atoms with Crippen LogP contribution in [0.3, 0.4) is 0 Å². The van der Waals surface area contributed by atoms with Gasteiger partial charge in [-0.05, 0) is 64.6 Å². The summed E-state index contributed by atoms with van der Waals surface area (Å²) in [6.45, 7) is 4.39. The average molecular weight is 388 g/mol. The van der Waals surface area contributed by atoms with Gasteiger partial charge in [-0.2, -0.15) is 0 Å². The summed E-state index contributed by atoms with van der Waals surface area (Å²) in [4.78, 5) is 4.62. The van der Waals surface area contributed by atoms with Crippen molar-refractivity contribution in [3.63, 3.8) is 0 Å². The summed E-state index contributed by atoms with van der Waals surface area (Å²) in [6.07, 6.45) is 1.12. The number of aromatic nitrogens is 1. The highest BCUT2D eigenvalue weighted by Gasteiger charge is 2.14. The molecule has 1 atom stereocenters. The molecule has 0 bridgehead atoms. The Bertz CT molecular complexity index is 1120. The highest BCUT2D eigenvalue weighted by Crippen LogP contribution is 2.33. The summed E-state index contributed by atoms with van der Waals surface area (Å²) in [6, 6.07) is 23.9. The van der Waals surface area contributed by atoms with E-state index in [1.54, 1.807) is 12.1 Å². The van der Waals surface area contributed by atoms with Crippen LogP contribution >= 0.6 is 11.6 Å². The Balaban J connectivity index is 1.82. The predicted octanol–water partition coefficient (Wildman–Crippen LogP) is 6.76. The van der Waals surface area contributed by atoms with E-state index in [0.717, 1.165) is 33.2 Å². The van der Waals surface area contributed by atoms with Crippen LogP contribution in [-0.4, -0.2) is 10.1 Å². The molecule has 1 unspecified atom stereocenters. The van der Waals surface area contributed by atoms with Gasteiger partial charge in [0, 0.05) is 22.2 Å². The quantitative estimate of drug-likeness (QED) is 0.419. The first-order valence-electron chi connectivity index (χ1n) is 9.45. The number of pyridine rings is 1. The Morgan fingerprint density at radius 3 is 2.36 bits per heavy atom. The number of halogens is 1. The highest BCUT2D eigenvalue weighted by atomic mass is 35.5. The SMILES string of the molecule is CC(C)c1cc(-c2cccc(C(O)c3ccc(Cl)cc3)c2)c2ncccc2c1. The minimum Gasteiger partial charge on any atom is -0.384 e. The van der Waals surface area contributed by atoms with Gasteiger partial charge in [0.2, 0.25) is 0 Å². The van der Waals surface area contributed by atoms with E-state index in [9.17, 15) is 5.11 Å². The lowest BCUT2D eigenvalue weighted by atomic mass is 9.92.